The van der Waals surface area contributed by atoms with Gasteiger partial charge >= 0.3 is 5.97 Å². The van der Waals surface area contributed by atoms with E-state index < -0.39 is 11.5 Å². The number of carbonyl (C=O) groups is 1. The smallest absolute Gasteiger partial charge is 0.328 e. The molecular weight excluding hydrogens is 240 g/mol. The van der Waals surface area contributed by atoms with Crippen molar-refractivity contribution in [3.05, 3.63) is 35.9 Å². The van der Waals surface area contributed by atoms with E-state index in [9.17, 15) is 9.90 Å². The average molecular weight is 260 g/mol. The summed E-state index contributed by atoms with van der Waals surface area (Å²) in [4.78, 5) is 14.2. The van der Waals surface area contributed by atoms with Crippen LogP contribution in [0.3, 0.4) is 0 Å². The third-order valence-electron chi connectivity index (χ3n) is 4.85. The fourth-order valence-corrected chi connectivity index (χ4v) is 3.69. The van der Waals surface area contributed by atoms with Gasteiger partial charge in [0.1, 0.15) is 5.54 Å². The van der Waals surface area contributed by atoms with E-state index in [1.165, 1.54) is 0 Å². The predicted octanol–water partition coefficient (Wildman–Crippen LogP) is 1.27. The van der Waals surface area contributed by atoms with Gasteiger partial charge in [-0.25, -0.2) is 4.79 Å². The number of piperidine rings is 3. The largest absolute Gasteiger partial charge is 0.480 e. The van der Waals surface area contributed by atoms with Crippen LogP contribution >= 0.6 is 0 Å². The van der Waals surface area contributed by atoms with E-state index in [1.54, 1.807) is 0 Å². The molecule has 3 saturated heterocycles. The van der Waals surface area contributed by atoms with Gasteiger partial charge < -0.3 is 15.7 Å². The molecule has 1 aromatic rings. The first-order valence-electron chi connectivity index (χ1n) is 6.92. The summed E-state index contributed by atoms with van der Waals surface area (Å²) in [6, 6.07) is 9.29. The molecule has 0 aromatic heterocycles. The lowest BCUT2D eigenvalue weighted by Crippen LogP contribution is -2.61. The number of benzene rings is 1. The second kappa shape index (κ2) is 4.62. The Morgan fingerprint density at radius 3 is 2.37 bits per heavy atom. The predicted molar refractivity (Wildman–Crippen MR) is 72.6 cm³/mol. The number of rotatable bonds is 3. The molecule has 0 amide bonds. The van der Waals surface area contributed by atoms with Crippen LogP contribution in [-0.2, 0) is 10.3 Å². The van der Waals surface area contributed by atoms with Crippen molar-refractivity contribution in [3.63, 3.8) is 0 Å². The molecule has 3 heterocycles. The van der Waals surface area contributed by atoms with Crippen LogP contribution < -0.4 is 5.73 Å². The standard InChI is InChI=1S/C15H20N2O2/c16-15(14(18)19,12-4-2-1-3-5-12)13-10-17-8-6-11(13)7-9-17/h1-5,11,13H,6-10,16H2,(H,18,19)/t13-,15?/m0/s1. The van der Waals surface area contributed by atoms with Gasteiger partial charge in [-0.05, 0) is 37.4 Å². The van der Waals surface area contributed by atoms with Gasteiger partial charge in [0.05, 0.1) is 0 Å². The van der Waals surface area contributed by atoms with Crippen LogP contribution in [0.2, 0.25) is 0 Å². The molecule has 102 valence electrons. The van der Waals surface area contributed by atoms with Crippen LogP contribution in [0.5, 0.6) is 0 Å². The SMILES string of the molecule is NC(C(=O)O)(c1ccccc1)[C@H]1CN2CCC1CC2. The molecular formula is C15H20N2O2. The second-order valence-electron chi connectivity index (χ2n) is 5.78. The van der Waals surface area contributed by atoms with Crippen molar-refractivity contribution in [3.8, 4) is 0 Å². The van der Waals surface area contributed by atoms with Gasteiger partial charge in [-0.2, -0.15) is 0 Å². The fraction of sp³-hybridized carbons (Fsp3) is 0.533. The maximum Gasteiger partial charge on any atom is 0.328 e. The summed E-state index contributed by atoms with van der Waals surface area (Å²) in [7, 11) is 0. The van der Waals surface area contributed by atoms with Crippen molar-refractivity contribution in [2.24, 2.45) is 17.6 Å². The van der Waals surface area contributed by atoms with Crippen LogP contribution in [0.1, 0.15) is 18.4 Å². The molecule has 3 N–H and O–H groups in total. The molecule has 0 spiro atoms. The van der Waals surface area contributed by atoms with Crippen molar-refractivity contribution in [2.45, 2.75) is 18.4 Å². The maximum atomic E-state index is 11.9. The maximum absolute atomic E-state index is 11.9. The van der Waals surface area contributed by atoms with Crippen LogP contribution in [-0.4, -0.2) is 35.6 Å². The zero-order valence-corrected chi connectivity index (χ0v) is 11.0. The van der Waals surface area contributed by atoms with E-state index in [-0.39, 0.29) is 5.92 Å². The molecule has 3 fully saturated rings. The van der Waals surface area contributed by atoms with Gasteiger partial charge in [-0.3, -0.25) is 0 Å². The Hall–Kier alpha value is -1.39. The van der Waals surface area contributed by atoms with Crippen LogP contribution in [0.15, 0.2) is 30.3 Å². The number of carboxylic acid groups (broad SMARTS) is 1. The van der Waals surface area contributed by atoms with Gasteiger partial charge in [-0.1, -0.05) is 30.3 Å². The van der Waals surface area contributed by atoms with Crippen LogP contribution in [0, 0.1) is 11.8 Å². The summed E-state index contributed by atoms with van der Waals surface area (Å²) in [5, 5.41) is 9.72. The summed E-state index contributed by atoms with van der Waals surface area (Å²) in [6.45, 7) is 2.99. The second-order valence-corrected chi connectivity index (χ2v) is 5.78. The van der Waals surface area contributed by atoms with E-state index >= 15 is 0 Å². The number of carboxylic acids is 1. The third kappa shape index (κ3) is 1.95. The summed E-state index contributed by atoms with van der Waals surface area (Å²) in [6.07, 6.45) is 2.15. The first kappa shape index (κ1) is 12.6. The van der Waals surface area contributed by atoms with Crippen molar-refractivity contribution < 1.29 is 9.90 Å². The Morgan fingerprint density at radius 1 is 1.26 bits per heavy atom. The normalized spacial score (nSPS) is 32.8. The summed E-state index contributed by atoms with van der Waals surface area (Å²) < 4.78 is 0. The Labute approximate surface area is 113 Å². The van der Waals surface area contributed by atoms with Crippen molar-refractivity contribution >= 4 is 5.97 Å². The minimum Gasteiger partial charge on any atom is -0.480 e. The molecule has 0 aliphatic carbocycles. The zero-order chi connectivity index (χ0) is 13.5. The molecule has 2 bridgehead atoms. The highest BCUT2D eigenvalue weighted by molar-refractivity contribution is 5.81. The minimum absolute atomic E-state index is 0.00917. The van der Waals surface area contributed by atoms with Crippen LogP contribution in [0.4, 0.5) is 0 Å². The summed E-state index contributed by atoms with van der Waals surface area (Å²) in [5.74, 6) is -0.460. The topological polar surface area (TPSA) is 66.6 Å². The van der Waals surface area contributed by atoms with Crippen molar-refractivity contribution in [2.75, 3.05) is 19.6 Å². The van der Waals surface area contributed by atoms with Gasteiger partial charge in [0.2, 0.25) is 0 Å². The number of nitrogens with zero attached hydrogens (tertiary/aromatic N) is 1. The van der Waals surface area contributed by atoms with Gasteiger partial charge in [0.15, 0.2) is 0 Å². The Balaban J connectivity index is 1.99. The number of aliphatic carboxylic acids is 1. The third-order valence-corrected chi connectivity index (χ3v) is 4.85. The molecule has 0 radical (unpaired) electrons. The Bertz CT molecular complexity index is 468. The highest BCUT2D eigenvalue weighted by atomic mass is 16.4. The quantitative estimate of drug-likeness (QED) is 0.859. The van der Waals surface area contributed by atoms with E-state index in [2.05, 4.69) is 4.90 Å². The molecule has 2 atom stereocenters. The molecule has 4 nitrogen and oxygen atoms in total. The molecule has 4 rings (SSSR count). The highest BCUT2D eigenvalue weighted by Gasteiger charge is 2.50. The molecule has 4 heteroatoms. The van der Waals surface area contributed by atoms with Crippen molar-refractivity contribution in [1.82, 2.24) is 4.90 Å². The molecule has 1 aromatic carbocycles. The molecule has 3 aliphatic rings. The molecule has 0 saturated carbocycles. The van der Waals surface area contributed by atoms with Crippen molar-refractivity contribution in [1.29, 1.82) is 0 Å². The first-order valence-corrected chi connectivity index (χ1v) is 6.92. The fourth-order valence-electron chi connectivity index (χ4n) is 3.69. The average Bonchev–Trinajstić information content (AvgIpc) is 2.48. The summed E-state index contributed by atoms with van der Waals surface area (Å²) >= 11 is 0. The van der Waals surface area contributed by atoms with Crippen LogP contribution in [0.25, 0.3) is 0 Å². The number of nitrogens with two attached hydrogens (primary N) is 1. The highest BCUT2D eigenvalue weighted by Crippen LogP contribution is 2.42. The Morgan fingerprint density at radius 2 is 1.89 bits per heavy atom. The molecule has 1 unspecified atom stereocenters. The Kier molecular flexibility index (Phi) is 3.07. The lowest BCUT2D eigenvalue weighted by molar-refractivity contribution is -0.150. The molecule has 3 aliphatic heterocycles. The lowest BCUT2D eigenvalue weighted by Gasteiger charge is -2.50. The van der Waals surface area contributed by atoms with E-state index in [0.717, 1.165) is 38.0 Å². The lowest BCUT2D eigenvalue weighted by atomic mass is 9.66. The summed E-state index contributed by atoms with van der Waals surface area (Å²) in [5.41, 5.74) is 5.86. The minimum atomic E-state index is -1.26. The number of hydrogen-bond acceptors (Lipinski definition) is 3. The number of hydrogen-bond donors (Lipinski definition) is 2. The zero-order valence-electron chi connectivity index (χ0n) is 11.0. The van der Waals surface area contributed by atoms with E-state index in [0.29, 0.717) is 5.92 Å². The van der Waals surface area contributed by atoms with E-state index in [4.69, 9.17) is 5.73 Å². The van der Waals surface area contributed by atoms with E-state index in [1.807, 2.05) is 30.3 Å². The monoisotopic (exact) mass is 260 g/mol. The van der Waals surface area contributed by atoms with Gasteiger partial charge in [0.25, 0.3) is 0 Å². The first-order chi connectivity index (χ1) is 9.12. The molecule has 19 heavy (non-hydrogen) atoms. The van der Waals surface area contributed by atoms with Gasteiger partial charge in [-0.15, -0.1) is 0 Å². The van der Waals surface area contributed by atoms with Gasteiger partial charge in [0, 0.05) is 12.5 Å². The number of fused-ring (bicyclic) bond motifs is 3.